The summed E-state index contributed by atoms with van der Waals surface area (Å²) in [5, 5.41) is 9.59. The van der Waals surface area contributed by atoms with E-state index in [1.165, 1.54) is 6.07 Å². The molecule has 6 rings (SSSR count). The Morgan fingerprint density at radius 2 is 1.43 bits per heavy atom. The highest BCUT2D eigenvalue weighted by Gasteiger charge is 2.21. The second kappa shape index (κ2) is 12.3. The summed E-state index contributed by atoms with van der Waals surface area (Å²) in [6.07, 6.45) is 1.81. The normalized spacial score (nSPS) is 18.2. The molecule has 1 amide bonds. The number of anilines is 1. The van der Waals surface area contributed by atoms with Crippen LogP contribution in [0.1, 0.15) is 28.8 Å². The van der Waals surface area contributed by atoms with Gasteiger partial charge in [0.05, 0.1) is 0 Å². The molecule has 216 valence electrons. The lowest BCUT2D eigenvalue weighted by molar-refractivity contribution is 0.102. The molecule has 4 aromatic rings. The van der Waals surface area contributed by atoms with Gasteiger partial charge in [0.1, 0.15) is 23.7 Å². The molecule has 0 saturated carbocycles. The van der Waals surface area contributed by atoms with Crippen molar-refractivity contribution in [3.63, 3.8) is 0 Å². The van der Waals surface area contributed by atoms with E-state index in [4.69, 9.17) is 9.47 Å². The minimum atomic E-state index is -0.963. The summed E-state index contributed by atoms with van der Waals surface area (Å²) in [6.45, 7) is 5.30. The number of carbonyl (C=O) groups is 1. The van der Waals surface area contributed by atoms with Crippen molar-refractivity contribution >= 4 is 11.6 Å². The van der Waals surface area contributed by atoms with Gasteiger partial charge in [0.2, 0.25) is 0 Å². The van der Waals surface area contributed by atoms with E-state index in [1.54, 1.807) is 18.2 Å². The summed E-state index contributed by atoms with van der Waals surface area (Å²) in [5.41, 5.74) is 4.92. The minimum absolute atomic E-state index is 0.0467. The Labute approximate surface area is 244 Å². The zero-order valence-electron chi connectivity index (χ0n) is 23.4. The van der Waals surface area contributed by atoms with Gasteiger partial charge in [-0.05, 0) is 92.5 Å². The van der Waals surface area contributed by atoms with Gasteiger partial charge < -0.3 is 25.4 Å². The van der Waals surface area contributed by atoms with Crippen molar-refractivity contribution in [2.45, 2.75) is 32.0 Å². The van der Waals surface area contributed by atoms with E-state index in [9.17, 15) is 13.6 Å². The Balaban J connectivity index is 1.30. The van der Waals surface area contributed by atoms with Crippen molar-refractivity contribution in [2.24, 2.45) is 0 Å². The fraction of sp³-hybridized carbons (Fsp3) is 0.265. The van der Waals surface area contributed by atoms with Crippen LogP contribution in [0.2, 0.25) is 0 Å². The highest BCUT2D eigenvalue weighted by atomic mass is 19.2. The fourth-order valence-corrected chi connectivity index (χ4v) is 5.43. The molecule has 0 bridgehead atoms. The predicted octanol–water partition coefficient (Wildman–Crippen LogP) is 6.34. The van der Waals surface area contributed by atoms with Crippen LogP contribution in [0.3, 0.4) is 0 Å². The van der Waals surface area contributed by atoms with Crippen molar-refractivity contribution in [1.82, 2.24) is 10.6 Å². The van der Waals surface area contributed by atoms with Crippen LogP contribution < -0.4 is 25.4 Å². The van der Waals surface area contributed by atoms with Gasteiger partial charge in [-0.2, -0.15) is 0 Å². The van der Waals surface area contributed by atoms with Gasteiger partial charge >= 0.3 is 0 Å². The number of ether oxygens (including phenoxy) is 2. The van der Waals surface area contributed by atoms with Crippen molar-refractivity contribution in [1.29, 1.82) is 0 Å². The first-order chi connectivity index (χ1) is 20.4. The molecule has 0 aliphatic carbocycles. The molecule has 2 aliphatic rings. The lowest BCUT2D eigenvalue weighted by atomic mass is 10.0. The molecule has 0 aromatic heterocycles. The molecule has 8 heteroatoms. The number of nitrogens with one attached hydrogen (secondary N) is 3. The molecule has 42 heavy (non-hydrogen) atoms. The van der Waals surface area contributed by atoms with Crippen LogP contribution in [0.4, 0.5) is 14.5 Å². The van der Waals surface area contributed by atoms with Gasteiger partial charge in [0.15, 0.2) is 11.6 Å². The molecular weight excluding hydrogens is 536 g/mol. The number of hydrogen-bond donors (Lipinski definition) is 3. The zero-order valence-corrected chi connectivity index (χ0v) is 23.4. The van der Waals surface area contributed by atoms with Crippen LogP contribution in [0, 0.1) is 18.6 Å². The Bertz CT molecular complexity index is 1600. The van der Waals surface area contributed by atoms with Gasteiger partial charge in [-0.15, -0.1) is 0 Å². The topological polar surface area (TPSA) is 71.6 Å². The van der Waals surface area contributed by atoms with E-state index < -0.39 is 11.6 Å². The van der Waals surface area contributed by atoms with E-state index >= 15 is 0 Å². The van der Waals surface area contributed by atoms with Crippen LogP contribution in [0.5, 0.6) is 11.5 Å². The Morgan fingerprint density at radius 1 is 0.762 bits per heavy atom. The molecule has 0 spiro atoms. The molecule has 0 unspecified atom stereocenters. The molecule has 2 fully saturated rings. The van der Waals surface area contributed by atoms with Crippen LogP contribution in [-0.4, -0.2) is 44.3 Å². The fourth-order valence-electron chi connectivity index (χ4n) is 5.43. The lowest BCUT2D eigenvalue weighted by Crippen LogP contribution is -2.20. The maximum atomic E-state index is 14.2. The maximum absolute atomic E-state index is 14.2. The monoisotopic (exact) mass is 569 g/mol. The first kappa shape index (κ1) is 27.9. The molecule has 6 nitrogen and oxygen atoms in total. The van der Waals surface area contributed by atoms with Crippen molar-refractivity contribution < 1.29 is 23.0 Å². The number of carbonyl (C=O) groups excluding carboxylic acids is 1. The number of halogens is 2. The number of benzene rings is 4. The van der Waals surface area contributed by atoms with Gasteiger partial charge in [0, 0.05) is 35.5 Å². The Hall–Kier alpha value is -4.27. The average Bonchev–Trinajstić information content (AvgIpc) is 3.70. The number of amides is 1. The summed E-state index contributed by atoms with van der Waals surface area (Å²) >= 11 is 0. The maximum Gasteiger partial charge on any atom is 0.255 e. The average molecular weight is 570 g/mol. The van der Waals surface area contributed by atoms with E-state index in [-0.39, 0.29) is 18.1 Å². The summed E-state index contributed by atoms with van der Waals surface area (Å²) in [4.78, 5) is 13.5. The predicted molar refractivity (Wildman–Crippen MR) is 160 cm³/mol. The SMILES string of the molecule is Cc1cccc(-c2cc(NC(=O)c3ccc(O[C@H]4CCNC4)c(-c4ccc(F)c(F)c4)c3)ccc2O[C@H]2CCNC2)c1. The highest BCUT2D eigenvalue weighted by Crippen LogP contribution is 2.36. The highest BCUT2D eigenvalue weighted by molar-refractivity contribution is 6.05. The molecule has 2 heterocycles. The van der Waals surface area contributed by atoms with E-state index in [2.05, 4.69) is 22.0 Å². The van der Waals surface area contributed by atoms with Crippen LogP contribution in [0.15, 0.2) is 78.9 Å². The lowest BCUT2D eigenvalue weighted by Gasteiger charge is -2.19. The third-order valence-electron chi connectivity index (χ3n) is 7.66. The standard InChI is InChI=1S/C34H33F2N3O3/c1-21-3-2-4-22(15-21)29-18-25(7-10-33(29)42-27-12-14-38-20-27)39-34(40)24-6-9-32(41-26-11-13-37-19-26)28(16-24)23-5-8-30(35)31(36)17-23/h2-10,15-18,26-27,37-38H,11-14,19-20H2,1H3,(H,39,40)/t26-,27-/m0/s1. The zero-order chi connectivity index (χ0) is 29.1. The van der Waals surface area contributed by atoms with E-state index in [0.29, 0.717) is 34.7 Å². The first-order valence-electron chi connectivity index (χ1n) is 14.3. The van der Waals surface area contributed by atoms with Gasteiger partial charge in [0.25, 0.3) is 5.91 Å². The molecule has 0 radical (unpaired) electrons. The van der Waals surface area contributed by atoms with Crippen molar-refractivity contribution in [3.8, 4) is 33.8 Å². The van der Waals surface area contributed by atoms with Gasteiger partial charge in [-0.25, -0.2) is 8.78 Å². The Kier molecular flexibility index (Phi) is 8.17. The summed E-state index contributed by atoms with van der Waals surface area (Å²) < 4.78 is 40.5. The summed E-state index contributed by atoms with van der Waals surface area (Å²) in [5.74, 6) is -0.963. The second-order valence-electron chi connectivity index (χ2n) is 10.8. The largest absolute Gasteiger partial charge is 0.488 e. The van der Waals surface area contributed by atoms with Crippen molar-refractivity contribution in [3.05, 3.63) is 102 Å². The second-order valence-corrected chi connectivity index (χ2v) is 10.8. The van der Waals surface area contributed by atoms with E-state index in [0.717, 1.165) is 67.0 Å². The van der Waals surface area contributed by atoms with E-state index in [1.807, 2.05) is 43.3 Å². The van der Waals surface area contributed by atoms with Gasteiger partial charge in [-0.3, -0.25) is 4.79 Å². The Morgan fingerprint density at radius 3 is 2.07 bits per heavy atom. The third-order valence-corrected chi connectivity index (χ3v) is 7.66. The minimum Gasteiger partial charge on any atom is -0.488 e. The molecular formula is C34H33F2N3O3. The molecule has 4 aromatic carbocycles. The molecule has 2 saturated heterocycles. The van der Waals surface area contributed by atoms with Crippen LogP contribution in [-0.2, 0) is 0 Å². The molecule has 2 aliphatic heterocycles. The summed E-state index contributed by atoms with van der Waals surface area (Å²) in [6, 6.07) is 22.6. The van der Waals surface area contributed by atoms with Crippen LogP contribution in [0.25, 0.3) is 22.3 Å². The number of hydrogen-bond acceptors (Lipinski definition) is 5. The summed E-state index contributed by atoms with van der Waals surface area (Å²) in [7, 11) is 0. The smallest absolute Gasteiger partial charge is 0.255 e. The molecule has 3 N–H and O–H groups in total. The quantitative estimate of drug-likeness (QED) is 0.231. The van der Waals surface area contributed by atoms with Crippen molar-refractivity contribution in [2.75, 3.05) is 31.5 Å². The van der Waals surface area contributed by atoms with Gasteiger partial charge in [-0.1, -0.05) is 35.9 Å². The number of aryl methyl sites for hydroxylation is 1. The molecule has 2 atom stereocenters. The first-order valence-corrected chi connectivity index (χ1v) is 14.3. The third kappa shape index (κ3) is 6.30. The van der Waals surface area contributed by atoms with Crippen LogP contribution >= 0.6 is 0 Å². The number of rotatable bonds is 8.